The molecule has 0 bridgehead atoms. The fourth-order valence-electron chi connectivity index (χ4n) is 2.77. The van der Waals surface area contributed by atoms with Crippen LogP contribution in [-0.4, -0.2) is 42.7 Å². The number of aromatic nitrogens is 1. The number of esters is 2. The summed E-state index contributed by atoms with van der Waals surface area (Å²) < 4.78 is 15.4. The fraction of sp³-hybridized carbons (Fsp3) is 0.273. The smallest absolute Gasteiger partial charge is 0.358 e. The number of amides is 1. The number of ether oxygens (including phenoxy) is 3. The molecule has 0 saturated heterocycles. The Morgan fingerprint density at radius 2 is 1.84 bits per heavy atom. The highest BCUT2D eigenvalue weighted by molar-refractivity contribution is 7.15. The molecular weight excluding hydrogens is 452 g/mol. The highest BCUT2D eigenvalue weighted by Gasteiger charge is 2.26. The molecule has 1 aromatic carbocycles. The summed E-state index contributed by atoms with van der Waals surface area (Å²) >= 11 is 2.46. The number of methoxy groups -OCH3 is 1. The summed E-state index contributed by atoms with van der Waals surface area (Å²) in [6, 6.07) is 9.33. The topological polar surface area (TPSA) is 104 Å². The molecule has 0 spiro atoms. The van der Waals surface area contributed by atoms with Gasteiger partial charge in [-0.2, -0.15) is 0 Å². The molecule has 2 aromatic heterocycles. The molecule has 1 unspecified atom stereocenters. The lowest BCUT2D eigenvalue weighted by Gasteiger charge is -2.13. The Kier molecular flexibility index (Phi) is 8.09. The summed E-state index contributed by atoms with van der Waals surface area (Å²) in [6.45, 7) is 3.64. The van der Waals surface area contributed by atoms with Crippen LogP contribution in [-0.2, 0) is 25.6 Å². The lowest BCUT2D eigenvalue weighted by Crippen LogP contribution is -2.30. The van der Waals surface area contributed by atoms with E-state index in [1.165, 1.54) is 36.7 Å². The molecule has 0 radical (unpaired) electrons. The molecule has 0 saturated carbocycles. The second-order valence-corrected chi connectivity index (χ2v) is 8.36. The van der Waals surface area contributed by atoms with Crippen molar-refractivity contribution in [2.24, 2.45) is 0 Å². The quantitative estimate of drug-likeness (QED) is 0.459. The number of nitrogens with one attached hydrogen (secondary N) is 1. The molecule has 1 amide bonds. The summed E-state index contributed by atoms with van der Waals surface area (Å²) in [7, 11) is 1.53. The second-order valence-electron chi connectivity index (χ2n) is 6.54. The Bertz CT molecular complexity index is 1090. The van der Waals surface area contributed by atoms with Crippen molar-refractivity contribution in [3.05, 3.63) is 57.4 Å². The van der Waals surface area contributed by atoms with Crippen molar-refractivity contribution in [3.63, 3.8) is 0 Å². The van der Waals surface area contributed by atoms with Gasteiger partial charge in [0, 0.05) is 23.4 Å². The molecule has 1 atom stereocenters. The van der Waals surface area contributed by atoms with E-state index in [0.29, 0.717) is 15.6 Å². The largest absolute Gasteiger partial charge is 0.462 e. The first-order valence-corrected chi connectivity index (χ1v) is 11.5. The Morgan fingerprint density at radius 3 is 2.53 bits per heavy atom. The molecule has 168 valence electrons. The summed E-state index contributed by atoms with van der Waals surface area (Å²) in [5.74, 6) is -1.83. The molecular formula is C22H22N2O6S2. The van der Waals surface area contributed by atoms with Crippen LogP contribution in [0.5, 0.6) is 0 Å². The maximum Gasteiger partial charge on any atom is 0.358 e. The van der Waals surface area contributed by atoms with E-state index in [0.717, 1.165) is 5.56 Å². The van der Waals surface area contributed by atoms with E-state index >= 15 is 0 Å². The van der Waals surface area contributed by atoms with Crippen LogP contribution in [0.2, 0.25) is 0 Å². The summed E-state index contributed by atoms with van der Waals surface area (Å²) in [4.78, 5) is 41.7. The van der Waals surface area contributed by atoms with Crippen molar-refractivity contribution >= 4 is 45.5 Å². The molecule has 10 heteroatoms. The predicted molar refractivity (Wildman–Crippen MR) is 122 cm³/mol. The van der Waals surface area contributed by atoms with Crippen molar-refractivity contribution in [1.29, 1.82) is 0 Å². The third kappa shape index (κ3) is 5.58. The van der Waals surface area contributed by atoms with Gasteiger partial charge in [-0.1, -0.05) is 30.3 Å². The first kappa shape index (κ1) is 23.6. The van der Waals surface area contributed by atoms with E-state index in [1.54, 1.807) is 17.7 Å². The number of nitrogens with zero attached hydrogens (tertiary/aromatic N) is 1. The highest BCUT2D eigenvalue weighted by Crippen LogP contribution is 2.36. The van der Waals surface area contributed by atoms with E-state index < -0.39 is 23.9 Å². The lowest BCUT2D eigenvalue weighted by molar-refractivity contribution is -0.123. The molecule has 0 aliphatic carbocycles. The van der Waals surface area contributed by atoms with E-state index in [-0.39, 0.29) is 24.5 Å². The summed E-state index contributed by atoms with van der Waals surface area (Å²) in [5, 5.41) is 6.96. The van der Waals surface area contributed by atoms with Crippen LogP contribution in [0.25, 0.3) is 11.1 Å². The molecule has 1 N–H and O–H groups in total. The predicted octanol–water partition coefficient (Wildman–Crippen LogP) is 4.38. The zero-order chi connectivity index (χ0) is 23.1. The van der Waals surface area contributed by atoms with Crippen molar-refractivity contribution in [2.45, 2.75) is 26.6 Å². The molecule has 8 nitrogen and oxygen atoms in total. The molecule has 0 aliphatic rings. The maximum atomic E-state index is 12.7. The minimum Gasteiger partial charge on any atom is -0.462 e. The van der Waals surface area contributed by atoms with E-state index in [1.807, 2.05) is 30.3 Å². The number of carbonyl (C=O) groups excluding carboxylic acids is 3. The van der Waals surface area contributed by atoms with Crippen LogP contribution in [0.3, 0.4) is 0 Å². The zero-order valence-electron chi connectivity index (χ0n) is 17.7. The number of thiophene rings is 1. The molecule has 3 rings (SSSR count). The number of benzene rings is 1. The number of hydrogen-bond acceptors (Lipinski definition) is 9. The van der Waals surface area contributed by atoms with Gasteiger partial charge in [0.25, 0.3) is 5.91 Å². The number of anilines is 1. The minimum absolute atomic E-state index is 0.108. The van der Waals surface area contributed by atoms with Crippen LogP contribution < -0.4 is 5.32 Å². The van der Waals surface area contributed by atoms with Gasteiger partial charge in [-0.15, -0.1) is 22.7 Å². The van der Waals surface area contributed by atoms with E-state index in [4.69, 9.17) is 14.2 Å². The number of hydrogen-bond donors (Lipinski definition) is 1. The average molecular weight is 475 g/mol. The fourth-order valence-corrected chi connectivity index (χ4v) is 4.46. The molecule has 2 heterocycles. The normalized spacial score (nSPS) is 11.6. The number of carbonyl (C=O) groups is 3. The van der Waals surface area contributed by atoms with E-state index in [9.17, 15) is 14.4 Å². The van der Waals surface area contributed by atoms with Crippen molar-refractivity contribution in [2.75, 3.05) is 19.0 Å². The van der Waals surface area contributed by atoms with Gasteiger partial charge in [-0.3, -0.25) is 4.79 Å². The number of thiazole rings is 1. The standard InChI is InChI=1S/C22H22N2O6S2/c1-4-29-22(27)18-15(14-8-6-5-7-9-14)11-32-20(18)24-19(25)13(2)30-21(26)16-12-31-17(23-16)10-28-3/h5-9,11-13H,4,10H2,1-3H3,(H,24,25). The van der Waals surface area contributed by atoms with Crippen LogP contribution in [0.15, 0.2) is 41.1 Å². The van der Waals surface area contributed by atoms with Gasteiger partial charge in [0.2, 0.25) is 0 Å². The van der Waals surface area contributed by atoms with Gasteiger partial charge < -0.3 is 19.5 Å². The van der Waals surface area contributed by atoms with Crippen LogP contribution in [0.4, 0.5) is 5.00 Å². The van der Waals surface area contributed by atoms with E-state index in [2.05, 4.69) is 10.3 Å². The average Bonchev–Trinajstić information content (AvgIpc) is 3.42. The first-order chi connectivity index (χ1) is 15.4. The van der Waals surface area contributed by atoms with Gasteiger partial charge >= 0.3 is 11.9 Å². The van der Waals surface area contributed by atoms with Crippen LogP contribution in [0.1, 0.15) is 39.7 Å². The Morgan fingerprint density at radius 1 is 1.09 bits per heavy atom. The van der Waals surface area contributed by atoms with Crippen molar-refractivity contribution in [3.8, 4) is 11.1 Å². The Balaban J connectivity index is 1.75. The van der Waals surface area contributed by atoms with Crippen molar-refractivity contribution in [1.82, 2.24) is 4.98 Å². The SMILES string of the molecule is CCOC(=O)c1c(-c2ccccc2)csc1NC(=O)C(C)OC(=O)c1csc(COC)n1. The van der Waals surface area contributed by atoms with Gasteiger partial charge in [0.1, 0.15) is 15.6 Å². The Hall–Kier alpha value is -3.08. The second kappa shape index (κ2) is 11.0. The van der Waals surface area contributed by atoms with Crippen LogP contribution in [0, 0.1) is 0 Å². The van der Waals surface area contributed by atoms with Gasteiger partial charge in [0.15, 0.2) is 11.8 Å². The third-order valence-corrected chi connectivity index (χ3v) is 5.99. The van der Waals surface area contributed by atoms with Gasteiger partial charge in [-0.25, -0.2) is 14.6 Å². The maximum absolute atomic E-state index is 12.7. The molecule has 0 aliphatic heterocycles. The first-order valence-electron chi connectivity index (χ1n) is 9.73. The lowest BCUT2D eigenvalue weighted by atomic mass is 10.0. The summed E-state index contributed by atoms with van der Waals surface area (Å²) in [6.07, 6.45) is -1.10. The summed E-state index contributed by atoms with van der Waals surface area (Å²) in [5.41, 5.74) is 1.85. The minimum atomic E-state index is -1.10. The monoisotopic (exact) mass is 474 g/mol. The van der Waals surface area contributed by atoms with Gasteiger partial charge in [-0.05, 0) is 19.4 Å². The van der Waals surface area contributed by atoms with Crippen molar-refractivity contribution < 1.29 is 28.6 Å². The molecule has 32 heavy (non-hydrogen) atoms. The number of rotatable bonds is 9. The van der Waals surface area contributed by atoms with Gasteiger partial charge in [0.05, 0.1) is 13.2 Å². The highest BCUT2D eigenvalue weighted by atomic mass is 32.1. The molecule has 3 aromatic rings. The zero-order valence-corrected chi connectivity index (χ0v) is 19.4. The third-order valence-electron chi connectivity index (χ3n) is 4.27. The Labute approximate surface area is 193 Å². The molecule has 0 fully saturated rings. The van der Waals surface area contributed by atoms with Crippen LogP contribution >= 0.6 is 22.7 Å².